The Morgan fingerprint density at radius 3 is 1.56 bits per heavy atom. The lowest BCUT2D eigenvalue weighted by molar-refractivity contribution is -0.138. The van der Waals surface area contributed by atoms with E-state index in [2.05, 4.69) is 18.8 Å². The second kappa shape index (κ2) is 22.0. The molecule has 0 unspecified atom stereocenters. The zero-order valence-electron chi connectivity index (χ0n) is 20.0. The SMILES string of the molecule is CCCCCCCC(=O)O.CCCCCCCC(=O)O.Cc1ncc(CO)c(CO)c1O. The Kier molecular flexibility index (Phi) is 22.0. The average molecular weight is 458 g/mol. The van der Waals surface area contributed by atoms with Crippen molar-refractivity contribution in [1.82, 2.24) is 4.98 Å². The fraction of sp³-hybridized carbons (Fsp3) is 0.708. The number of aryl methyl sites for hydroxylation is 1. The monoisotopic (exact) mass is 457 g/mol. The number of pyridine rings is 1. The molecule has 1 aromatic heterocycles. The van der Waals surface area contributed by atoms with Crippen LogP contribution in [0.15, 0.2) is 6.20 Å². The Bertz CT molecular complexity index is 597. The fourth-order valence-electron chi connectivity index (χ4n) is 2.76. The Morgan fingerprint density at radius 1 is 0.781 bits per heavy atom. The van der Waals surface area contributed by atoms with E-state index in [0.29, 0.717) is 29.7 Å². The van der Waals surface area contributed by atoms with E-state index in [0.717, 1.165) is 25.7 Å². The van der Waals surface area contributed by atoms with Crippen LogP contribution in [0.2, 0.25) is 0 Å². The maximum atomic E-state index is 10.0. The predicted molar refractivity (Wildman–Crippen MR) is 125 cm³/mol. The number of aliphatic hydroxyl groups is 2. The molecule has 0 saturated carbocycles. The van der Waals surface area contributed by atoms with Gasteiger partial charge in [-0.2, -0.15) is 0 Å². The van der Waals surface area contributed by atoms with Gasteiger partial charge in [0.1, 0.15) is 5.75 Å². The molecule has 5 N–H and O–H groups in total. The molecule has 32 heavy (non-hydrogen) atoms. The van der Waals surface area contributed by atoms with Gasteiger partial charge in [-0.15, -0.1) is 0 Å². The molecule has 8 nitrogen and oxygen atoms in total. The third-order valence-electron chi connectivity index (χ3n) is 4.75. The minimum Gasteiger partial charge on any atom is -0.506 e. The summed E-state index contributed by atoms with van der Waals surface area (Å²) in [6.07, 6.45) is 13.2. The van der Waals surface area contributed by atoms with Crippen molar-refractivity contribution in [3.63, 3.8) is 0 Å². The molecule has 0 fully saturated rings. The van der Waals surface area contributed by atoms with E-state index in [9.17, 15) is 14.7 Å². The van der Waals surface area contributed by atoms with E-state index in [1.54, 1.807) is 6.92 Å². The summed E-state index contributed by atoms with van der Waals surface area (Å²) in [6.45, 7) is 5.42. The number of unbranched alkanes of at least 4 members (excludes halogenated alkanes) is 8. The first-order chi connectivity index (χ1) is 15.2. The average Bonchev–Trinajstić information content (AvgIpc) is 2.76. The summed E-state index contributed by atoms with van der Waals surface area (Å²) in [5.74, 6) is -1.38. The van der Waals surface area contributed by atoms with Crippen molar-refractivity contribution >= 4 is 11.9 Å². The van der Waals surface area contributed by atoms with Crippen molar-refractivity contribution in [2.24, 2.45) is 0 Å². The van der Waals surface area contributed by atoms with Gasteiger partial charge in [0.2, 0.25) is 0 Å². The normalized spacial score (nSPS) is 9.91. The van der Waals surface area contributed by atoms with E-state index in [1.807, 2.05) is 0 Å². The Hall–Kier alpha value is -2.19. The Balaban J connectivity index is 0. The smallest absolute Gasteiger partial charge is 0.303 e. The van der Waals surface area contributed by atoms with E-state index >= 15 is 0 Å². The van der Waals surface area contributed by atoms with Crippen LogP contribution in [-0.4, -0.2) is 42.5 Å². The van der Waals surface area contributed by atoms with Crippen LogP contribution in [0.1, 0.15) is 108 Å². The minimum absolute atomic E-state index is 0.0379. The molecular formula is C24H43NO7. The summed E-state index contributed by atoms with van der Waals surface area (Å²) in [5.41, 5.74) is 1.27. The van der Waals surface area contributed by atoms with Gasteiger partial charge in [0, 0.05) is 30.2 Å². The first-order valence-electron chi connectivity index (χ1n) is 11.6. The van der Waals surface area contributed by atoms with Crippen LogP contribution < -0.4 is 0 Å². The molecule has 0 aromatic carbocycles. The third-order valence-corrected chi connectivity index (χ3v) is 4.75. The number of nitrogens with zero attached hydrogens (tertiary/aromatic N) is 1. The standard InChI is InChI=1S/C8H11NO3.2C8H16O2/c1-5-8(12)7(4-11)6(3-10)2-9-5;2*1-2-3-4-5-6-7-8(9)10/h2,10-12H,3-4H2,1H3;2*2-7H2,1H3,(H,9,10). The molecule has 1 rings (SSSR count). The molecule has 0 saturated heterocycles. The van der Waals surface area contributed by atoms with Crippen LogP contribution >= 0.6 is 0 Å². The second-order valence-corrected chi connectivity index (χ2v) is 7.63. The van der Waals surface area contributed by atoms with E-state index in [1.165, 1.54) is 44.7 Å². The number of aliphatic hydroxyl groups excluding tert-OH is 2. The summed E-state index contributed by atoms with van der Waals surface area (Å²) >= 11 is 0. The van der Waals surface area contributed by atoms with Gasteiger partial charge in [0.25, 0.3) is 0 Å². The van der Waals surface area contributed by atoms with Crippen molar-refractivity contribution in [1.29, 1.82) is 0 Å². The Labute approximate surface area is 192 Å². The van der Waals surface area contributed by atoms with E-state index in [4.69, 9.17) is 20.4 Å². The molecule has 0 atom stereocenters. The first kappa shape index (κ1) is 32.0. The van der Waals surface area contributed by atoms with Crippen LogP contribution in [0.4, 0.5) is 0 Å². The third kappa shape index (κ3) is 18.6. The highest BCUT2D eigenvalue weighted by molar-refractivity contribution is 5.66. The number of carboxylic acids is 2. The van der Waals surface area contributed by atoms with Gasteiger partial charge >= 0.3 is 11.9 Å². The van der Waals surface area contributed by atoms with Crippen molar-refractivity contribution < 1.29 is 35.1 Å². The van der Waals surface area contributed by atoms with Crippen LogP contribution in [-0.2, 0) is 22.8 Å². The van der Waals surface area contributed by atoms with Gasteiger partial charge in [-0.3, -0.25) is 14.6 Å². The van der Waals surface area contributed by atoms with Gasteiger partial charge in [-0.25, -0.2) is 0 Å². The van der Waals surface area contributed by atoms with Crippen molar-refractivity contribution in [2.75, 3.05) is 0 Å². The number of aromatic nitrogens is 1. The first-order valence-corrected chi connectivity index (χ1v) is 11.6. The second-order valence-electron chi connectivity index (χ2n) is 7.63. The molecule has 1 aromatic rings. The van der Waals surface area contributed by atoms with E-state index < -0.39 is 11.9 Å². The van der Waals surface area contributed by atoms with Gasteiger partial charge in [-0.05, 0) is 19.8 Å². The topological polar surface area (TPSA) is 148 Å². The molecule has 8 heteroatoms. The van der Waals surface area contributed by atoms with Crippen molar-refractivity contribution in [3.05, 3.63) is 23.0 Å². The molecule has 0 aliphatic rings. The summed E-state index contributed by atoms with van der Waals surface area (Å²) < 4.78 is 0. The molecule has 0 bridgehead atoms. The maximum Gasteiger partial charge on any atom is 0.303 e. The fourth-order valence-corrected chi connectivity index (χ4v) is 2.76. The molecule has 0 aliphatic carbocycles. The van der Waals surface area contributed by atoms with Gasteiger partial charge in [0.05, 0.1) is 18.9 Å². The van der Waals surface area contributed by atoms with Crippen LogP contribution in [0, 0.1) is 6.92 Å². The minimum atomic E-state index is -0.670. The van der Waals surface area contributed by atoms with Crippen molar-refractivity contribution in [3.8, 4) is 5.75 Å². The lowest BCUT2D eigenvalue weighted by atomic mass is 10.1. The lowest BCUT2D eigenvalue weighted by Crippen LogP contribution is -1.98. The van der Waals surface area contributed by atoms with E-state index in [-0.39, 0.29) is 19.0 Å². The molecule has 0 radical (unpaired) electrons. The summed E-state index contributed by atoms with van der Waals surface area (Å²) in [4.78, 5) is 23.9. The number of hydrogen-bond acceptors (Lipinski definition) is 6. The van der Waals surface area contributed by atoms with Gasteiger partial charge in [0.15, 0.2) is 0 Å². The highest BCUT2D eigenvalue weighted by Gasteiger charge is 2.09. The highest BCUT2D eigenvalue weighted by Crippen LogP contribution is 2.23. The number of carbonyl (C=O) groups is 2. The summed E-state index contributed by atoms with van der Waals surface area (Å²) in [5, 5.41) is 43.6. The van der Waals surface area contributed by atoms with Gasteiger partial charge < -0.3 is 25.5 Å². The predicted octanol–water partition coefficient (Wildman–Crippen LogP) is 4.94. The van der Waals surface area contributed by atoms with Crippen LogP contribution in [0.25, 0.3) is 0 Å². The Morgan fingerprint density at radius 2 is 1.22 bits per heavy atom. The summed E-state index contributed by atoms with van der Waals surface area (Å²) in [7, 11) is 0. The molecule has 1 heterocycles. The van der Waals surface area contributed by atoms with Crippen LogP contribution in [0.5, 0.6) is 5.75 Å². The number of rotatable bonds is 14. The zero-order chi connectivity index (χ0) is 24.8. The van der Waals surface area contributed by atoms with Crippen molar-refractivity contribution in [2.45, 2.75) is 111 Å². The number of aliphatic carboxylic acids is 2. The summed E-state index contributed by atoms with van der Waals surface area (Å²) in [6, 6.07) is 0. The molecule has 0 aliphatic heterocycles. The largest absolute Gasteiger partial charge is 0.506 e. The van der Waals surface area contributed by atoms with Crippen LogP contribution in [0.3, 0.4) is 0 Å². The molecular weight excluding hydrogens is 414 g/mol. The number of carboxylic acid groups (broad SMARTS) is 2. The van der Waals surface area contributed by atoms with Gasteiger partial charge in [-0.1, -0.05) is 65.2 Å². The number of hydrogen-bond donors (Lipinski definition) is 5. The zero-order valence-corrected chi connectivity index (χ0v) is 20.0. The lowest BCUT2D eigenvalue weighted by Gasteiger charge is -2.07. The molecule has 0 spiro atoms. The number of aromatic hydroxyl groups is 1. The highest BCUT2D eigenvalue weighted by atomic mass is 16.4. The molecule has 0 amide bonds. The quantitative estimate of drug-likeness (QED) is 0.247. The molecule has 186 valence electrons. The maximum absolute atomic E-state index is 10.0.